The number of nitrogens with zero attached hydrogens (tertiary/aromatic N) is 3. The molecule has 4 rings (SSSR count). The van der Waals surface area contributed by atoms with Crippen molar-refractivity contribution in [3.05, 3.63) is 121 Å². The molecule has 192 valence electrons. The monoisotopic (exact) mass is 513 g/mol. The van der Waals surface area contributed by atoms with Gasteiger partial charge in [-0.15, -0.1) is 0 Å². The first kappa shape index (κ1) is 26.1. The third-order valence-electron chi connectivity index (χ3n) is 6.04. The number of carbonyl (C=O) groups is 2. The fourth-order valence-corrected chi connectivity index (χ4v) is 4.08. The Hall–Kier alpha value is -4.96. The molecule has 1 fully saturated rings. The topological polar surface area (TPSA) is 133 Å². The van der Waals surface area contributed by atoms with Gasteiger partial charge in [-0.2, -0.15) is 0 Å². The van der Waals surface area contributed by atoms with Crippen molar-refractivity contribution in [1.29, 1.82) is 0 Å². The Bertz CT molecular complexity index is 1360. The molecule has 3 aromatic carbocycles. The maximum Gasteiger partial charge on any atom is 0.269 e. The van der Waals surface area contributed by atoms with Gasteiger partial charge in [0.1, 0.15) is 5.75 Å². The Morgan fingerprint density at radius 2 is 1.26 bits per heavy atom. The Labute approximate surface area is 217 Å². The van der Waals surface area contributed by atoms with E-state index in [0.29, 0.717) is 33.6 Å². The maximum absolute atomic E-state index is 13.4. The van der Waals surface area contributed by atoms with Crippen LogP contribution in [0.5, 0.6) is 5.75 Å². The van der Waals surface area contributed by atoms with Gasteiger partial charge in [0, 0.05) is 54.1 Å². The van der Waals surface area contributed by atoms with Crippen molar-refractivity contribution in [3.8, 4) is 5.75 Å². The number of likely N-dealkylation sites (tertiary alicyclic amines) is 1. The zero-order chi connectivity index (χ0) is 27.2. The Morgan fingerprint density at radius 3 is 1.66 bits per heavy atom. The molecule has 0 unspecified atom stereocenters. The average molecular weight is 514 g/mol. The van der Waals surface area contributed by atoms with Gasteiger partial charge in [-0.25, -0.2) is 0 Å². The van der Waals surface area contributed by atoms with Gasteiger partial charge < -0.3 is 4.74 Å². The molecule has 0 aliphatic carbocycles. The van der Waals surface area contributed by atoms with Crippen molar-refractivity contribution in [2.24, 2.45) is 0 Å². The molecule has 0 radical (unpaired) electrons. The van der Waals surface area contributed by atoms with Gasteiger partial charge in [0.15, 0.2) is 11.6 Å². The zero-order valence-electron chi connectivity index (χ0n) is 20.4. The predicted molar refractivity (Wildman–Crippen MR) is 141 cm³/mol. The Kier molecular flexibility index (Phi) is 7.83. The van der Waals surface area contributed by atoms with Crippen molar-refractivity contribution in [2.75, 3.05) is 26.7 Å². The molecule has 3 aromatic rings. The largest absolute Gasteiger partial charge is 0.497 e. The summed E-state index contributed by atoms with van der Waals surface area (Å²) in [7, 11) is 1.54. The van der Waals surface area contributed by atoms with Crippen LogP contribution in [0.3, 0.4) is 0 Å². The van der Waals surface area contributed by atoms with Crippen LogP contribution in [0.25, 0.3) is 12.2 Å². The van der Waals surface area contributed by atoms with E-state index in [1.807, 2.05) is 4.90 Å². The lowest BCUT2D eigenvalue weighted by Gasteiger charge is -2.29. The van der Waals surface area contributed by atoms with Gasteiger partial charge in [0.2, 0.25) is 0 Å². The van der Waals surface area contributed by atoms with E-state index in [9.17, 15) is 29.8 Å². The summed E-state index contributed by atoms with van der Waals surface area (Å²) in [6.45, 7) is 0.458. The van der Waals surface area contributed by atoms with Crippen LogP contribution in [0.15, 0.2) is 83.9 Å². The number of piperidine rings is 1. The minimum absolute atomic E-state index is 0.0504. The van der Waals surface area contributed by atoms with Crippen LogP contribution in [0.1, 0.15) is 21.5 Å². The lowest BCUT2D eigenvalue weighted by Crippen LogP contribution is -2.40. The van der Waals surface area contributed by atoms with E-state index >= 15 is 0 Å². The summed E-state index contributed by atoms with van der Waals surface area (Å²) in [6.07, 6.45) is 3.31. The standard InChI is InChI=1S/C28H23N3O7/c1-38-26-12-6-21(7-13-26)27(32)18-29-16-22(14-19-2-8-24(9-3-19)30(34)35)28(33)23(17-29)15-20-4-10-25(11-5-20)31(36)37/h2-15H,16-18H2,1H3. The maximum atomic E-state index is 13.4. The van der Waals surface area contributed by atoms with E-state index in [-0.39, 0.29) is 42.6 Å². The third kappa shape index (κ3) is 6.23. The van der Waals surface area contributed by atoms with Crippen LogP contribution >= 0.6 is 0 Å². The van der Waals surface area contributed by atoms with Crippen LogP contribution < -0.4 is 4.74 Å². The lowest BCUT2D eigenvalue weighted by atomic mass is 9.93. The molecule has 1 aliphatic heterocycles. The number of Topliss-reactive ketones (excluding diaryl/α,β-unsaturated/α-hetero) is 2. The number of carbonyl (C=O) groups excluding carboxylic acids is 2. The van der Waals surface area contributed by atoms with E-state index in [2.05, 4.69) is 0 Å². The molecule has 38 heavy (non-hydrogen) atoms. The highest BCUT2D eigenvalue weighted by Crippen LogP contribution is 2.24. The first-order valence-corrected chi connectivity index (χ1v) is 11.6. The quantitative estimate of drug-likeness (QED) is 0.182. The second-order valence-corrected chi connectivity index (χ2v) is 8.66. The van der Waals surface area contributed by atoms with Crippen molar-refractivity contribution in [2.45, 2.75) is 0 Å². The van der Waals surface area contributed by atoms with Gasteiger partial charge in [-0.1, -0.05) is 0 Å². The summed E-state index contributed by atoms with van der Waals surface area (Å²) < 4.78 is 5.14. The van der Waals surface area contributed by atoms with E-state index in [4.69, 9.17) is 4.74 Å². The van der Waals surface area contributed by atoms with Crippen molar-refractivity contribution < 1.29 is 24.2 Å². The van der Waals surface area contributed by atoms with E-state index in [1.54, 1.807) is 67.8 Å². The first-order chi connectivity index (χ1) is 18.2. The van der Waals surface area contributed by atoms with E-state index < -0.39 is 9.85 Å². The van der Waals surface area contributed by atoms with E-state index in [0.717, 1.165) is 0 Å². The molecular weight excluding hydrogens is 490 g/mol. The van der Waals surface area contributed by atoms with Crippen molar-refractivity contribution in [1.82, 2.24) is 4.90 Å². The summed E-state index contributed by atoms with van der Waals surface area (Å²) in [4.78, 5) is 49.2. The summed E-state index contributed by atoms with van der Waals surface area (Å²) in [6, 6.07) is 18.4. The minimum Gasteiger partial charge on any atom is -0.497 e. The number of methoxy groups -OCH3 is 1. The number of hydrogen-bond acceptors (Lipinski definition) is 8. The molecule has 0 N–H and O–H groups in total. The highest BCUT2D eigenvalue weighted by Gasteiger charge is 2.28. The molecule has 0 bridgehead atoms. The van der Waals surface area contributed by atoms with Crippen molar-refractivity contribution in [3.63, 3.8) is 0 Å². The Morgan fingerprint density at radius 1 is 0.816 bits per heavy atom. The van der Waals surface area contributed by atoms with Gasteiger partial charge >= 0.3 is 0 Å². The molecule has 10 heteroatoms. The normalized spacial score (nSPS) is 16.0. The first-order valence-electron chi connectivity index (χ1n) is 11.6. The number of rotatable bonds is 8. The molecule has 0 atom stereocenters. The molecular formula is C28H23N3O7. The molecule has 10 nitrogen and oxygen atoms in total. The average Bonchev–Trinajstić information content (AvgIpc) is 2.91. The van der Waals surface area contributed by atoms with Crippen molar-refractivity contribution >= 4 is 35.1 Å². The van der Waals surface area contributed by atoms with Crippen LogP contribution in [0.4, 0.5) is 11.4 Å². The van der Waals surface area contributed by atoms with Crippen LogP contribution in [-0.2, 0) is 4.79 Å². The smallest absolute Gasteiger partial charge is 0.269 e. The van der Waals surface area contributed by atoms with Crippen LogP contribution in [-0.4, -0.2) is 53.1 Å². The molecule has 1 aliphatic rings. The number of non-ortho nitro benzene ring substituents is 2. The Balaban J connectivity index is 1.64. The number of nitro groups is 2. The zero-order valence-corrected chi connectivity index (χ0v) is 20.4. The number of nitro benzene ring substituents is 2. The molecule has 0 amide bonds. The number of benzene rings is 3. The van der Waals surface area contributed by atoms with E-state index in [1.165, 1.54) is 24.3 Å². The van der Waals surface area contributed by atoms with Gasteiger partial charge in [0.25, 0.3) is 11.4 Å². The second-order valence-electron chi connectivity index (χ2n) is 8.66. The van der Waals surface area contributed by atoms with Crippen LogP contribution in [0, 0.1) is 20.2 Å². The van der Waals surface area contributed by atoms with Gasteiger partial charge in [-0.05, 0) is 71.8 Å². The molecule has 1 heterocycles. The number of ketones is 2. The number of ether oxygens (including phenoxy) is 1. The minimum atomic E-state index is -0.500. The SMILES string of the molecule is COc1ccc(C(=O)CN2CC(=Cc3ccc([N+](=O)[O-])cc3)C(=O)C(=Cc3ccc([N+](=O)[O-])cc3)C2)cc1. The fourth-order valence-electron chi connectivity index (χ4n) is 4.08. The summed E-state index contributed by atoms with van der Waals surface area (Å²) in [5.41, 5.74) is 2.43. The third-order valence-corrected chi connectivity index (χ3v) is 6.04. The lowest BCUT2D eigenvalue weighted by molar-refractivity contribution is -0.385. The predicted octanol–water partition coefficient (Wildman–Crippen LogP) is 4.75. The summed E-state index contributed by atoms with van der Waals surface area (Å²) in [5, 5.41) is 21.9. The molecule has 1 saturated heterocycles. The second kappa shape index (κ2) is 11.4. The number of hydrogen-bond donors (Lipinski definition) is 0. The molecule has 0 saturated carbocycles. The van der Waals surface area contributed by atoms with Crippen LogP contribution in [0.2, 0.25) is 0 Å². The van der Waals surface area contributed by atoms with Gasteiger partial charge in [0.05, 0.1) is 23.5 Å². The highest BCUT2D eigenvalue weighted by molar-refractivity contribution is 6.14. The summed E-state index contributed by atoms with van der Waals surface area (Å²) in [5.74, 6) is 0.271. The summed E-state index contributed by atoms with van der Waals surface area (Å²) >= 11 is 0. The fraction of sp³-hybridized carbons (Fsp3) is 0.143. The highest BCUT2D eigenvalue weighted by atomic mass is 16.6. The molecule has 0 aromatic heterocycles. The van der Waals surface area contributed by atoms with Gasteiger partial charge in [-0.3, -0.25) is 34.7 Å². The molecule has 0 spiro atoms.